The Hall–Kier alpha value is -1.72. The van der Waals surface area contributed by atoms with Crippen molar-refractivity contribution in [2.45, 2.75) is 17.9 Å². The van der Waals surface area contributed by atoms with E-state index in [0.717, 1.165) is 0 Å². The number of allylic oxidation sites excluding steroid dienone is 1. The van der Waals surface area contributed by atoms with Crippen LogP contribution in [0, 0.1) is 0 Å². The van der Waals surface area contributed by atoms with Gasteiger partial charge in [-0.25, -0.2) is 0 Å². The number of benzene rings is 1. The average molecular weight is 262 g/mol. The van der Waals surface area contributed by atoms with E-state index in [-0.39, 0.29) is 5.56 Å². The van der Waals surface area contributed by atoms with Gasteiger partial charge in [-0.1, -0.05) is 18.7 Å². The fraction of sp³-hybridized carbons (Fsp3) is 0.333. The second-order valence-corrected chi connectivity index (χ2v) is 3.89. The molecule has 0 N–H and O–H groups in total. The maximum absolute atomic E-state index is 13.5. The van der Waals surface area contributed by atoms with E-state index in [4.69, 9.17) is 4.74 Å². The Labute approximate surface area is 101 Å². The van der Waals surface area contributed by atoms with Crippen molar-refractivity contribution in [3.63, 3.8) is 0 Å². The maximum Gasteiger partial charge on any atom is 0.369 e. The van der Waals surface area contributed by atoms with E-state index in [9.17, 15) is 17.6 Å². The Morgan fingerprint density at radius 2 is 1.72 bits per heavy atom. The SMILES string of the molecule is C=C1OC(c2ccc(OC)cc2)C(F)(F)C1(F)F. The summed E-state index contributed by atoms with van der Waals surface area (Å²) >= 11 is 0. The summed E-state index contributed by atoms with van der Waals surface area (Å²) in [4.78, 5) is 0. The topological polar surface area (TPSA) is 18.5 Å². The Morgan fingerprint density at radius 3 is 2.11 bits per heavy atom. The first-order chi connectivity index (χ1) is 8.30. The molecule has 6 heteroatoms. The molecule has 18 heavy (non-hydrogen) atoms. The van der Waals surface area contributed by atoms with Gasteiger partial charge in [0.25, 0.3) is 0 Å². The van der Waals surface area contributed by atoms with Crippen LogP contribution in [0.25, 0.3) is 0 Å². The fourth-order valence-corrected chi connectivity index (χ4v) is 1.70. The summed E-state index contributed by atoms with van der Waals surface area (Å²) in [7, 11) is 1.41. The van der Waals surface area contributed by atoms with Crippen LogP contribution >= 0.6 is 0 Å². The van der Waals surface area contributed by atoms with Crippen LogP contribution < -0.4 is 4.74 Å². The van der Waals surface area contributed by atoms with E-state index in [2.05, 4.69) is 11.3 Å². The molecule has 98 valence electrons. The van der Waals surface area contributed by atoms with Crippen molar-refractivity contribution in [2.75, 3.05) is 7.11 Å². The van der Waals surface area contributed by atoms with E-state index in [1.807, 2.05) is 0 Å². The first kappa shape index (κ1) is 12.7. The molecule has 1 unspecified atom stereocenters. The van der Waals surface area contributed by atoms with E-state index >= 15 is 0 Å². The molecule has 1 aromatic rings. The zero-order chi connectivity index (χ0) is 13.6. The summed E-state index contributed by atoms with van der Waals surface area (Å²) in [6.07, 6.45) is -2.04. The second kappa shape index (κ2) is 3.90. The van der Waals surface area contributed by atoms with Crippen molar-refractivity contribution < 1.29 is 27.0 Å². The normalized spacial score (nSPS) is 24.7. The summed E-state index contributed by atoms with van der Waals surface area (Å²) in [6.45, 7) is 2.84. The molecular weight excluding hydrogens is 252 g/mol. The molecule has 0 aromatic heterocycles. The highest BCUT2D eigenvalue weighted by Gasteiger charge is 2.70. The third-order valence-electron chi connectivity index (χ3n) is 2.78. The molecule has 0 radical (unpaired) electrons. The number of methoxy groups -OCH3 is 1. The standard InChI is InChI=1S/C12H10F4O2/c1-7-11(13,14)12(15,16)10(18-7)8-3-5-9(17-2)6-4-8/h3-6,10H,1H2,2H3. The number of rotatable bonds is 2. The van der Waals surface area contributed by atoms with E-state index in [0.29, 0.717) is 5.75 Å². The Kier molecular flexibility index (Phi) is 2.76. The molecule has 0 amide bonds. The van der Waals surface area contributed by atoms with Gasteiger partial charge in [-0.3, -0.25) is 0 Å². The van der Waals surface area contributed by atoms with Gasteiger partial charge in [0.15, 0.2) is 11.9 Å². The minimum atomic E-state index is -4.36. The van der Waals surface area contributed by atoms with Crippen LogP contribution in [0.2, 0.25) is 0 Å². The molecule has 2 rings (SSSR count). The van der Waals surface area contributed by atoms with Gasteiger partial charge < -0.3 is 9.47 Å². The Morgan fingerprint density at radius 1 is 1.17 bits per heavy atom. The van der Waals surface area contributed by atoms with Crippen LogP contribution in [0.15, 0.2) is 36.6 Å². The van der Waals surface area contributed by atoms with Crippen molar-refractivity contribution in [1.29, 1.82) is 0 Å². The molecule has 1 fully saturated rings. The van der Waals surface area contributed by atoms with Gasteiger partial charge in [-0.05, 0) is 17.7 Å². The molecule has 0 bridgehead atoms. The third kappa shape index (κ3) is 1.63. The monoisotopic (exact) mass is 262 g/mol. The molecule has 0 spiro atoms. The zero-order valence-electron chi connectivity index (χ0n) is 9.42. The largest absolute Gasteiger partial charge is 0.497 e. The van der Waals surface area contributed by atoms with Gasteiger partial charge in [0.05, 0.1) is 7.11 Å². The van der Waals surface area contributed by atoms with E-state index in [1.165, 1.54) is 31.4 Å². The van der Waals surface area contributed by atoms with Crippen LogP contribution in [0.3, 0.4) is 0 Å². The van der Waals surface area contributed by atoms with Crippen molar-refractivity contribution in [3.05, 3.63) is 42.2 Å². The lowest BCUT2D eigenvalue weighted by atomic mass is 10.0. The fourth-order valence-electron chi connectivity index (χ4n) is 1.70. The van der Waals surface area contributed by atoms with Crippen molar-refractivity contribution in [2.24, 2.45) is 0 Å². The highest BCUT2D eigenvalue weighted by atomic mass is 19.3. The molecule has 0 aliphatic carbocycles. The molecule has 1 aliphatic heterocycles. The minimum absolute atomic E-state index is 0.0564. The number of hydrogen-bond acceptors (Lipinski definition) is 2. The van der Waals surface area contributed by atoms with Gasteiger partial charge >= 0.3 is 11.8 Å². The molecule has 2 nitrogen and oxygen atoms in total. The van der Waals surface area contributed by atoms with E-state index in [1.54, 1.807) is 0 Å². The quantitative estimate of drug-likeness (QED) is 0.759. The van der Waals surface area contributed by atoms with Crippen molar-refractivity contribution in [3.8, 4) is 5.75 Å². The summed E-state index contributed by atoms with van der Waals surface area (Å²) < 4.78 is 62.8. The highest BCUT2D eigenvalue weighted by Crippen LogP contribution is 2.55. The van der Waals surface area contributed by atoms with Crippen LogP contribution in [-0.4, -0.2) is 19.0 Å². The minimum Gasteiger partial charge on any atom is -0.497 e. The number of ether oxygens (including phenoxy) is 2. The van der Waals surface area contributed by atoms with Crippen LogP contribution in [0.5, 0.6) is 5.75 Å². The van der Waals surface area contributed by atoms with Crippen LogP contribution in [0.1, 0.15) is 11.7 Å². The number of halogens is 4. The summed E-state index contributed by atoms with van der Waals surface area (Å²) in [6, 6.07) is 5.31. The predicted molar refractivity (Wildman–Crippen MR) is 55.9 cm³/mol. The second-order valence-electron chi connectivity index (χ2n) is 3.89. The molecule has 1 aliphatic rings. The highest BCUT2D eigenvalue weighted by molar-refractivity contribution is 5.33. The Balaban J connectivity index is 2.37. The average Bonchev–Trinajstić information content (AvgIpc) is 2.49. The first-order valence-electron chi connectivity index (χ1n) is 5.06. The Bertz CT molecular complexity index is 467. The molecule has 1 aromatic carbocycles. The number of hydrogen-bond donors (Lipinski definition) is 0. The van der Waals surface area contributed by atoms with Gasteiger partial charge in [0.2, 0.25) is 0 Å². The summed E-state index contributed by atoms with van der Waals surface area (Å²) in [5.74, 6) is -9.46. The van der Waals surface area contributed by atoms with Crippen LogP contribution in [-0.2, 0) is 4.74 Å². The van der Waals surface area contributed by atoms with Gasteiger partial charge in [-0.15, -0.1) is 0 Å². The third-order valence-corrected chi connectivity index (χ3v) is 2.78. The van der Waals surface area contributed by atoms with Gasteiger partial charge in [-0.2, -0.15) is 17.6 Å². The van der Waals surface area contributed by atoms with Gasteiger partial charge in [0.1, 0.15) is 5.75 Å². The molecule has 1 atom stereocenters. The zero-order valence-corrected chi connectivity index (χ0v) is 9.42. The lowest BCUT2D eigenvalue weighted by molar-refractivity contribution is -0.184. The number of alkyl halides is 4. The summed E-state index contributed by atoms with van der Waals surface area (Å²) in [5.41, 5.74) is -0.0564. The smallest absolute Gasteiger partial charge is 0.369 e. The van der Waals surface area contributed by atoms with Gasteiger partial charge in [0, 0.05) is 0 Å². The lowest BCUT2D eigenvalue weighted by Gasteiger charge is -2.20. The molecule has 1 saturated heterocycles. The van der Waals surface area contributed by atoms with E-state index < -0.39 is 23.7 Å². The molecular formula is C12H10F4O2. The first-order valence-corrected chi connectivity index (χ1v) is 5.06. The maximum atomic E-state index is 13.5. The molecule has 0 saturated carbocycles. The van der Waals surface area contributed by atoms with Crippen LogP contribution in [0.4, 0.5) is 17.6 Å². The molecule has 1 heterocycles. The summed E-state index contributed by atoms with van der Waals surface area (Å²) in [5, 5.41) is 0. The lowest BCUT2D eigenvalue weighted by Crippen LogP contribution is -2.39. The van der Waals surface area contributed by atoms with Crippen molar-refractivity contribution >= 4 is 0 Å². The van der Waals surface area contributed by atoms with Crippen molar-refractivity contribution in [1.82, 2.24) is 0 Å². The predicted octanol–water partition coefficient (Wildman–Crippen LogP) is 3.55.